The number of hydrogen-bond acceptors (Lipinski definition) is 5. The van der Waals surface area contributed by atoms with Gasteiger partial charge in [-0.3, -0.25) is 9.78 Å². The van der Waals surface area contributed by atoms with Gasteiger partial charge < -0.3 is 19.3 Å². The van der Waals surface area contributed by atoms with Crippen LogP contribution < -0.4 is 4.74 Å². The maximum absolute atomic E-state index is 11.6. The van der Waals surface area contributed by atoms with Gasteiger partial charge in [-0.05, 0) is 80.0 Å². The number of aryl methyl sites for hydroxylation is 2. The van der Waals surface area contributed by atoms with Crippen LogP contribution in [0.15, 0.2) is 53.8 Å². The molecule has 34 heavy (non-hydrogen) atoms. The van der Waals surface area contributed by atoms with Gasteiger partial charge in [0.2, 0.25) is 0 Å². The Hall–Kier alpha value is -2.51. The smallest absolute Gasteiger partial charge is 0.303 e. The van der Waals surface area contributed by atoms with Crippen LogP contribution >= 0.6 is 11.8 Å². The molecule has 1 aliphatic rings. The number of aliphatic carboxylic acids is 1. The lowest BCUT2D eigenvalue weighted by Crippen LogP contribution is -2.42. The molecule has 6 nitrogen and oxygen atoms in total. The van der Waals surface area contributed by atoms with E-state index in [9.17, 15) is 9.90 Å². The Morgan fingerprint density at radius 2 is 2.15 bits per heavy atom. The number of pyridine rings is 1. The average molecular weight is 482 g/mol. The first-order chi connectivity index (χ1) is 16.5. The van der Waals surface area contributed by atoms with Gasteiger partial charge in [0.25, 0.3) is 0 Å². The molecule has 2 atom stereocenters. The van der Waals surface area contributed by atoms with Gasteiger partial charge in [-0.15, -0.1) is 11.8 Å². The Kier molecular flexibility index (Phi) is 8.51. The number of likely N-dealkylation sites (tertiary alicyclic amines) is 1. The molecule has 4 rings (SSSR count). The van der Waals surface area contributed by atoms with Crippen LogP contribution in [0.25, 0.3) is 10.9 Å². The van der Waals surface area contributed by atoms with Crippen molar-refractivity contribution in [3.8, 4) is 5.75 Å². The minimum Gasteiger partial charge on any atom is -0.497 e. The monoisotopic (exact) mass is 481 g/mol. The largest absolute Gasteiger partial charge is 0.497 e. The number of benzene rings is 1. The molecule has 0 saturated carbocycles. The van der Waals surface area contributed by atoms with Crippen molar-refractivity contribution < 1.29 is 14.6 Å². The zero-order valence-corrected chi connectivity index (χ0v) is 21.0. The van der Waals surface area contributed by atoms with Crippen molar-refractivity contribution in [3.05, 3.63) is 54.5 Å². The topological polar surface area (TPSA) is 67.6 Å². The van der Waals surface area contributed by atoms with Gasteiger partial charge in [0.15, 0.2) is 0 Å². The predicted molar refractivity (Wildman–Crippen MR) is 138 cm³/mol. The van der Waals surface area contributed by atoms with Crippen molar-refractivity contribution >= 4 is 28.6 Å². The number of rotatable bonds is 11. The molecule has 182 valence electrons. The molecule has 1 fully saturated rings. The number of thioether (sulfide) groups is 1. The van der Waals surface area contributed by atoms with Crippen molar-refractivity contribution in [1.29, 1.82) is 0 Å². The summed E-state index contributed by atoms with van der Waals surface area (Å²) in [5.74, 6) is 1.90. The molecule has 1 aliphatic heterocycles. The first-order valence-corrected chi connectivity index (χ1v) is 13.1. The zero-order chi connectivity index (χ0) is 23.9. The molecule has 0 amide bonds. The van der Waals surface area contributed by atoms with Gasteiger partial charge in [-0.25, -0.2) is 0 Å². The quantitative estimate of drug-likeness (QED) is 0.384. The third-order valence-corrected chi connectivity index (χ3v) is 7.91. The molecule has 1 N–H and O–H groups in total. The van der Waals surface area contributed by atoms with E-state index < -0.39 is 5.97 Å². The molecule has 3 heterocycles. The number of nitrogens with zero attached hydrogens (tertiary/aromatic N) is 3. The maximum atomic E-state index is 11.6. The van der Waals surface area contributed by atoms with Gasteiger partial charge in [-0.1, -0.05) is 0 Å². The fourth-order valence-corrected chi connectivity index (χ4v) is 6.12. The fraction of sp³-hybridized carbons (Fsp3) is 0.481. The molecule has 0 unspecified atom stereocenters. The van der Waals surface area contributed by atoms with Gasteiger partial charge in [0.05, 0.1) is 12.6 Å². The number of carboxylic acid groups (broad SMARTS) is 1. The molecule has 1 aromatic carbocycles. The van der Waals surface area contributed by atoms with Crippen LogP contribution in [0.1, 0.15) is 31.2 Å². The van der Waals surface area contributed by atoms with E-state index in [4.69, 9.17) is 4.74 Å². The van der Waals surface area contributed by atoms with E-state index in [1.807, 2.05) is 37.1 Å². The summed E-state index contributed by atoms with van der Waals surface area (Å²) < 4.78 is 7.47. The van der Waals surface area contributed by atoms with E-state index in [1.54, 1.807) is 7.11 Å². The third-order valence-electron chi connectivity index (χ3n) is 6.95. The lowest BCUT2D eigenvalue weighted by Gasteiger charge is -2.38. The van der Waals surface area contributed by atoms with Crippen molar-refractivity contribution in [3.63, 3.8) is 0 Å². The molecule has 0 bridgehead atoms. The van der Waals surface area contributed by atoms with Gasteiger partial charge in [0.1, 0.15) is 5.75 Å². The number of carbonyl (C=O) groups is 1. The maximum Gasteiger partial charge on any atom is 0.303 e. The second-order valence-corrected chi connectivity index (χ2v) is 10.5. The summed E-state index contributed by atoms with van der Waals surface area (Å²) in [6.45, 7) is 2.96. The van der Waals surface area contributed by atoms with Crippen molar-refractivity contribution in [1.82, 2.24) is 14.5 Å². The van der Waals surface area contributed by atoms with Crippen molar-refractivity contribution in [2.24, 2.45) is 18.9 Å². The van der Waals surface area contributed by atoms with E-state index in [0.717, 1.165) is 67.7 Å². The minimum absolute atomic E-state index is 0.224. The highest BCUT2D eigenvalue weighted by Gasteiger charge is 2.30. The summed E-state index contributed by atoms with van der Waals surface area (Å²) >= 11 is 1.87. The molecule has 0 aliphatic carbocycles. The summed E-state index contributed by atoms with van der Waals surface area (Å²) in [5, 5.41) is 10.7. The average Bonchev–Trinajstić information content (AvgIpc) is 3.24. The van der Waals surface area contributed by atoms with Crippen LogP contribution in [0.5, 0.6) is 5.75 Å². The number of hydrogen-bond donors (Lipinski definition) is 1. The minimum atomic E-state index is -0.678. The highest BCUT2D eigenvalue weighted by Crippen LogP contribution is 2.32. The second-order valence-electron chi connectivity index (χ2n) is 9.31. The highest BCUT2D eigenvalue weighted by molar-refractivity contribution is 7.99. The number of piperidine rings is 1. The Morgan fingerprint density at radius 3 is 2.91 bits per heavy atom. The van der Waals surface area contributed by atoms with Crippen LogP contribution in [0, 0.1) is 11.8 Å². The van der Waals surface area contributed by atoms with E-state index in [0.29, 0.717) is 5.92 Å². The molecule has 1 saturated heterocycles. The van der Waals surface area contributed by atoms with Crippen LogP contribution in [-0.4, -0.2) is 58.0 Å². The number of methoxy groups -OCH3 is 1. The van der Waals surface area contributed by atoms with Gasteiger partial charge in [0, 0.05) is 61.2 Å². The normalized spacial score (nSPS) is 18.9. The second kappa shape index (κ2) is 11.8. The summed E-state index contributed by atoms with van der Waals surface area (Å²) in [4.78, 5) is 19.8. The molecule has 0 spiro atoms. The van der Waals surface area contributed by atoms with E-state index in [1.165, 1.54) is 10.5 Å². The fourth-order valence-electron chi connectivity index (χ4n) is 5.13. The lowest BCUT2D eigenvalue weighted by atomic mass is 9.80. The Morgan fingerprint density at radius 1 is 1.26 bits per heavy atom. The summed E-state index contributed by atoms with van der Waals surface area (Å²) in [6.07, 6.45) is 10.5. The lowest BCUT2D eigenvalue weighted by molar-refractivity contribution is -0.139. The molecule has 7 heteroatoms. The first-order valence-electron chi connectivity index (χ1n) is 12.1. The van der Waals surface area contributed by atoms with Crippen LogP contribution in [0.3, 0.4) is 0 Å². The van der Waals surface area contributed by atoms with Crippen LogP contribution in [-0.2, 0) is 18.3 Å². The van der Waals surface area contributed by atoms with Crippen molar-refractivity contribution in [2.75, 3.05) is 32.5 Å². The number of aromatic nitrogens is 2. The van der Waals surface area contributed by atoms with E-state index in [2.05, 4.69) is 45.0 Å². The van der Waals surface area contributed by atoms with E-state index >= 15 is 0 Å². The molecule has 2 aromatic heterocycles. The zero-order valence-electron chi connectivity index (χ0n) is 20.2. The van der Waals surface area contributed by atoms with Crippen molar-refractivity contribution in [2.45, 2.75) is 37.0 Å². The van der Waals surface area contributed by atoms with Crippen LogP contribution in [0.4, 0.5) is 0 Å². The molecular formula is C27H35N3O3S. The number of fused-ring (bicyclic) bond motifs is 1. The standard InChI is InChI=1S/C27H35N3O3S/c1-29-12-10-24(19-29)34-15-14-30-13-9-20(22(18-30)16-27(31)32)4-3-5-21-8-11-28-26-7-6-23(33-2)17-25(21)26/h6-8,10-12,17,19-20,22H,3-5,9,13-16,18H2,1-2H3,(H,31,32)/t20-,22+/m1/s1. The Balaban J connectivity index is 1.31. The van der Waals surface area contributed by atoms with Gasteiger partial charge in [-0.2, -0.15) is 0 Å². The number of carboxylic acids is 1. The molecule has 3 aromatic rings. The molecular weight excluding hydrogens is 446 g/mol. The summed E-state index contributed by atoms with van der Waals surface area (Å²) in [7, 11) is 3.73. The first kappa shape index (κ1) is 24.6. The SMILES string of the molecule is COc1ccc2nccc(CCC[C@@H]3CCN(CCSc4ccn(C)c4)C[C@@H]3CC(=O)O)c2c1. The Bertz CT molecular complexity index is 1100. The molecule has 0 radical (unpaired) electrons. The predicted octanol–water partition coefficient (Wildman–Crippen LogP) is 5.11. The van der Waals surface area contributed by atoms with Gasteiger partial charge >= 0.3 is 5.97 Å². The number of ether oxygens (including phenoxy) is 1. The van der Waals surface area contributed by atoms with Crippen LogP contribution in [0.2, 0.25) is 0 Å². The summed E-state index contributed by atoms with van der Waals surface area (Å²) in [5.41, 5.74) is 2.28. The summed E-state index contributed by atoms with van der Waals surface area (Å²) in [6, 6.07) is 10.3. The Labute approximate surface area is 206 Å². The third kappa shape index (κ3) is 6.54. The van der Waals surface area contributed by atoms with E-state index in [-0.39, 0.29) is 12.3 Å². The highest BCUT2D eigenvalue weighted by atomic mass is 32.2.